The Morgan fingerprint density at radius 1 is 1.41 bits per heavy atom. The number of hydrogen-bond donors (Lipinski definition) is 1. The molecule has 102 valence electrons. The third kappa shape index (κ3) is 4.94. The summed E-state index contributed by atoms with van der Waals surface area (Å²) in [6.45, 7) is 12.3. The summed E-state index contributed by atoms with van der Waals surface area (Å²) < 4.78 is 5.52. The first-order valence-corrected chi connectivity index (χ1v) is 7.01. The Hall–Kier alpha value is -0.120. The first kappa shape index (κ1) is 14.9. The molecule has 1 heterocycles. The first-order chi connectivity index (χ1) is 7.98. The normalized spacial score (nSPS) is 27.4. The van der Waals surface area contributed by atoms with E-state index in [-0.39, 0.29) is 5.60 Å². The summed E-state index contributed by atoms with van der Waals surface area (Å²) in [7, 11) is 1.81. The quantitative estimate of drug-likeness (QED) is 0.773. The van der Waals surface area contributed by atoms with Crippen molar-refractivity contribution in [3.05, 3.63) is 0 Å². The summed E-state index contributed by atoms with van der Waals surface area (Å²) in [5.74, 6) is 0. The lowest BCUT2D eigenvalue weighted by molar-refractivity contribution is -0.0250. The Morgan fingerprint density at radius 2 is 2.12 bits per heavy atom. The van der Waals surface area contributed by atoms with Crippen LogP contribution >= 0.6 is 0 Å². The average molecular weight is 242 g/mol. The van der Waals surface area contributed by atoms with Gasteiger partial charge < -0.3 is 10.1 Å². The summed E-state index contributed by atoms with van der Waals surface area (Å²) in [6.07, 6.45) is 3.76. The maximum absolute atomic E-state index is 5.52. The van der Waals surface area contributed by atoms with E-state index in [4.69, 9.17) is 4.74 Å². The van der Waals surface area contributed by atoms with Gasteiger partial charge in [-0.15, -0.1) is 0 Å². The predicted molar refractivity (Wildman–Crippen MR) is 73.4 cm³/mol. The Balaban J connectivity index is 2.37. The molecule has 1 aliphatic heterocycles. The highest BCUT2D eigenvalue weighted by atomic mass is 16.5. The van der Waals surface area contributed by atoms with Crippen LogP contribution in [0.2, 0.25) is 0 Å². The summed E-state index contributed by atoms with van der Waals surface area (Å²) in [4.78, 5) is 2.56. The number of rotatable bonds is 6. The molecule has 0 bridgehead atoms. The molecule has 2 atom stereocenters. The number of nitrogens with one attached hydrogen (secondary N) is 1. The monoisotopic (exact) mass is 242 g/mol. The van der Waals surface area contributed by atoms with Crippen LogP contribution in [0.3, 0.4) is 0 Å². The van der Waals surface area contributed by atoms with Gasteiger partial charge in [0.1, 0.15) is 0 Å². The fraction of sp³-hybridized carbons (Fsp3) is 1.00. The number of methoxy groups -OCH3 is 1. The molecule has 0 spiro atoms. The maximum atomic E-state index is 5.52. The van der Waals surface area contributed by atoms with Crippen molar-refractivity contribution in [1.82, 2.24) is 10.2 Å². The van der Waals surface area contributed by atoms with Crippen LogP contribution < -0.4 is 5.32 Å². The lowest BCUT2D eigenvalue weighted by Crippen LogP contribution is -2.51. The molecule has 17 heavy (non-hydrogen) atoms. The molecule has 1 rings (SSSR count). The van der Waals surface area contributed by atoms with Crippen LogP contribution in [0.1, 0.15) is 47.0 Å². The average Bonchev–Trinajstić information content (AvgIpc) is 2.29. The zero-order valence-electron chi connectivity index (χ0n) is 12.3. The van der Waals surface area contributed by atoms with Crippen molar-refractivity contribution in [3.8, 4) is 0 Å². The van der Waals surface area contributed by atoms with Crippen molar-refractivity contribution in [2.45, 2.75) is 64.6 Å². The minimum absolute atomic E-state index is 0.0298. The van der Waals surface area contributed by atoms with Gasteiger partial charge in [-0.1, -0.05) is 6.92 Å². The van der Waals surface area contributed by atoms with E-state index in [0.717, 1.165) is 13.1 Å². The van der Waals surface area contributed by atoms with Crippen LogP contribution in [0.4, 0.5) is 0 Å². The second kappa shape index (κ2) is 6.72. The Bertz CT molecular complexity index is 218. The van der Waals surface area contributed by atoms with E-state index in [9.17, 15) is 0 Å². The molecule has 2 unspecified atom stereocenters. The lowest BCUT2D eigenvalue weighted by atomic mass is 9.96. The van der Waals surface area contributed by atoms with Crippen molar-refractivity contribution in [2.75, 3.05) is 26.7 Å². The minimum Gasteiger partial charge on any atom is -0.377 e. The van der Waals surface area contributed by atoms with Gasteiger partial charge in [-0.25, -0.2) is 0 Å². The standard InChI is InChI=1S/C14H30N2O/c1-6-8-15-13-7-9-16(12(2)10-13)11-14(3,4)17-5/h12-13,15H,6-11H2,1-5H3. The van der Waals surface area contributed by atoms with Crippen LogP contribution in [0.25, 0.3) is 0 Å². The van der Waals surface area contributed by atoms with E-state index in [2.05, 4.69) is 37.9 Å². The third-order valence-electron chi connectivity index (χ3n) is 3.83. The maximum Gasteiger partial charge on any atom is 0.0749 e. The van der Waals surface area contributed by atoms with E-state index in [1.54, 1.807) is 7.11 Å². The second-order valence-electron chi connectivity index (χ2n) is 5.96. The minimum atomic E-state index is -0.0298. The number of likely N-dealkylation sites (tertiary alicyclic amines) is 1. The summed E-state index contributed by atoms with van der Waals surface area (Å²) in [5, 5.41) is 3.64. The van der Waals surface area contributed by atoms with Gasteiger partial charge in [0, 0.05) is 32.3 Å². The zero-order chi connectivity index (χ0) is 12.9. The molecule has 3 heteroatoms. The van der Waals surface area contributed by atoms with E-state index < -0.39 is 0 Å². The Labute approximate surface area is 107 Å². The van der Waals surface area contributed by atoms with E-state index in [1.165, 1.54) is 25.8 Å². The summed E-state index contributed by atoms with van der Waals surface area (Å²) >= 11 is 0. The van der Waals surface area contributed by atoms with Crippen molar-refractivity contribution >= 4 is 0 Å². The molecule has 1 fully saturated rings. The van der Waals surface area contributed by atoms with Crippen molar-refractivity contribution in [3.63, 3.8) is 0 Å². The summed E-state index contributed by atoms with van der Waals surface area (Å²) in [5.41, 5.74) is -0.0298. The molecule has 1 aliphatic rings. The van der Waals surface area contributed by atoms with Crippen LogP contribution in [-0.4, -0.2) is 49.3 Å². The molecular weight excluding hydrogens is 212 g/mol. The molecule has 0 amide bonds. The second-order valence-corrected chi connectivity index (χ2v) is 5.96. The molecule has 0 aromatic rings. The largest absolute Gasteiger partial charge is 0.377 e. The molecule has 0 aliphatic carbocycles. The van der Waals surface area contributed by atoms with Gasteiger partial charge in [0.05, 0.1) is 5.60 Å². The third-order valence-corrected chi connectivity index (χ3v) is 3.83. The van der Waals surface area contributed by atoms with Crippen LogP contribution in [0.5, 0.6) is 0 Å². The highest BCUT2D eigenvalue weighted by Crippen LogP contribution is 2.21. The fourth-order valence-corrected chi connectivity index (χ4v) is 2.54. The molecule has 0 radical (unpaired) electrons. The zero-order valence-corrected chi connectivity index (χ0v) is 12.3. The molecule has 3 nitrogen and oxygen atoms in total. The molecule has 0 saturated carbocycles. The van der Waals surface area contributed by atoms with Gasteiger partial charge in [-0.2, -0.15) is 0 Å². The SMILES string of the molecule is CCCNC1CCN(CC(C)(C)OC)C(C)C1. The van der Waals surface area contributed by atoms with Crippen molar-refractivity contribution < 1.29 is 4.74 Å². The van der Waals surface area contributed by atoms with Crippen LogP contribution in [-0.2, 0) is 4.74 Å². The van der Waals surface area contributed by atoms with Gasteiger partial charge in [-0.3, -0.25) is 4.90 Å². The number of nitrogens with zero attached hydrogens (tertiary/aromatic N) is 1. The molecule has 1 N–H and O–H groups in total. The van der Waals surface area contributed by atoms with Gasteiger partial charge in [0.2, 0.25) is 0 Å². The molecular formula is C14H30N2O. The Morgan fingerprint density at radius 3 is 2.65 bits per heavy atom. The highest BCUT2D eigenvalue weighted by molar-refractivity contribution is 4.86. The van der Waals surface area contributed by atoms with Crippen molar-refractivity contribution in [2.24, 2.45) is 0 Å². The van der Waals surface area contributed by atoms with Gasteiger partial charge in [0.25, 0.3) is 0 Å². The highest BCUT2D eigenvalue weighted by Gasteiger charge is 2.29. The smallest absolute Gasteiger partial charge is 0.0749 e. The first-order valence-electron chi connectivity index (χ1n) is 7.01. The van der Waals surface area contributed by atoms with Crippen LogP contribution in [0.15, 0.2) is 0 Å². The Kier molecular flexibility index (Phi) is 5.90. The predicted octanol–water partition coefficient (Wildman–Crippen LogP) is 2.26. The number of hydrogen-bond acceptors (Lipinski definition) is 3. The summed E-state index contributed by atoms with van der Waals surface area (Å²) in [6, 6.07) is 1.37. The van der Waals surface area contributed by atoms with Crippen LogP contribution in [0, 0.1) is 0 Å². The number of piperidine rings is 1. The fourth-order valence-electron chi connectivity index (χ4n) is 2.54. The number of ether oxygens (including phenoxy) is 1. The van der Waals surface area contributed by atoms with E-state index in [0.29, 0.717) is 12.1 Å². The van der Waals surface area contributed by atoms with Gasteiger partial charge in [0.15, 0.2) is 0 Å². The molecule has 0 aromatic carbocycles. The van der Waals surface area contributed by atoms with Gasteiger partial charge in [-0.05, 0) is 46.6 Å². The molecule has 0 aromatic heterocycles. The van der Waals surface area contributed by atoms with Gasteiger partial charge >= 0.3 is 0 Å². The molecule has 1 saturated heterocycles. The van der Waals surface area contributed by atoms with Crippen molar-refractivity contribution in [1.29, 1.82) is 0 Å². The van der Waals surface area contributed by atoms with E-state index >= 15 is 0 Å². The lowest BCUT2D eigenvalue weighted by Gasteiger charge is -2.41. The van der Waals surface area contributed by atoms with E-state index in [1.807, 2.05) is 0 Å². The topological polar surface area (TPSA) is 24.5 Å².